The van der Waals surface area contributed by atoms with Crippen LogP contribution >= 0.6 is 24.8 Å². The molecule has 4 rings (SSSR count). The standard InChI is InChI=1S/C16H16F3N5.2ClH/c1-20-14-11(16(17,18)19)7-21-15(24-14)22-8-2-3-9-10(6-8)13-5-4-12(9)23-13;;/h2-3,6-7,12-13,23H,4-5H2,1H3,(H2,20,21,22,24);2*1H. The molecule has 2 aromatic rings. The van der Waals surface area contributed by atoms with E-state index in [-0.39, 0.29) is 36.6 Å². The number of rotatable bonds is 3. The topological polar surface area (TPSA) is 61.9 Å². The van der Waals surface area contributed by atoms with Crippen LogP contribution in [0.25, 0.3) is 0 Å². The zero-order chi connectivity index (χ0) is 16.9. The third-order valence-electron chi connectivity index (χ3n) is 4.57. The minimum absolute atomic E-state index is 0. The maximum atomic E-state index is 12.9. The lowest BCUT2D eigenvalue weighted by Gasteiger charge is -2.16. The molecular weight excluding hydrogens is 390 g/mol. The lowest BCUT2D eigenvalue weighted by Crippen LogP contribution is -2.12. The molecule has 1 aromatic heterocycles. The normalized spacial score (nSPS) is 20.0. The molecule has 142 valence electrons. The van der Waals surface area contributed by atoms with Crippen LogP contribution in [0.4, 0.5) is 30.6 Å². The molecule has 0 amide bonds. The Kier molecular flexibility index (Phi) is 5.89. The van der Waals surface area contributed by atoms with E-state index in [4.69, 9.17) is 0 Å². The van der Waals surface area contributed by atoms with Gasteiger partial charge in [-0.15, -0.1) is 24.8 Å². The summed E-state index contributed by atoms with van der Waals surface area (Å²) in [5.41, 5.74) is 2.44. The smallest absolute Gasteiger partial charge is 0.372 e. The first kappa shape index (κ1) is 20.5. The molecule has 26 heavy (non-hydrogen) atoms. The molecule has 0 spiro atoms. The Labute approximate surface area is 161 Å². The minimum atomic E-state index is -4.49. The van der Waals surface area contributed by atoms with Gasteiger partial charge in [-0.3, -0.25) is 0 Å². The highest BCUT2D eigenvalue weighted by molar-refractivity contribution is 5.85. The van der Waals surface area contributed by atoms with Crippen LogP contribution in [-0.4, -0.2) is 17.0 Å². The van der Waals surface area contributed by atoms with Gasteiger partial charge in [-0.1, -0.05) is 6.07 Å². The molecular formula is C16H18Cl2F3N5. The van der Waals surface area contributed by atoms with Crippen LogP contribution in [0.15, 0.2) is 24.4 Å². The van der Waals surface area contributed by atoms with Crippen LogP contribution in [-0.2, 0) is 6.18 Å². The van der Waals surface area contributed by atoms with Crippen molar-refractivity contribution in [2.24, 2.45) is 0 Å². The number of anilines is 3. The zero-order valence-corrected chi connectivity index (χ0v) is 15.4. The Hall–Kier alpha value is -1.77. The molecule has 2 atom stereocenters. The number of fused-ring (bicyclic) bond motifs is 5. The highest BCUT2D eigenvalue weighted by Gasteiger charge is 2.36. The Balaban J connectivity index is 0.00000121. The van der Waals surface area contributed by atoms with Crippen LogP contribution < -0.4 is 16.0 Å². The molecule has 2 unspecified atom stereocenters. The molecule has 2 bridgehead atoms. The molecule has 0 saturated carbocycles. The van der Waals surface area contributed by atoms with Crippen molar-refractivity contribution in [2.45, 2.75) is 31.1 Å². The number of nitrogens with one attached hydrogen (secondary N) is 3. The third-order valence-corrected chi connectivity index (χ3v) is 4.57. The largest absolute Gasteiger partial charge is 0.421 e. The van der Waals surface area contributed by atoms with Gasteiger partial charge in [0.2, 0.25) is 5.95 Å². The second kappa shape index (κ2) is 7.46. The van der Waals surface area contributed by atoms with Crippen molar-refractivity contribution in [1.82, 2.24) is 15.3 Å². The van der Waals surface area contributed by atoms with E-state index in [1.165, 1.54) is 18.2 Å². The Bertz CT molecular complexity index is 800. The molecule has 5 nitrogen and oxygen atoms in total. The van der Waals surface area contributed by atoms with Gasteiger partial charge in [0.15, 0.2) is 0 Å². The van der Waals surface area contributed by atoms with Gasteiger partial charge in [-0.05, 0) is 36.1 Å². The number of nitrogens with zero attached hydrogens (tertiary/aromatic N) is 2. The van der Waals surface area contributed by atoms with Gasteiger partial charge in [-0.2, -0.15) is 18.2 Å². The van der Waals surface area contributed by atoms with Gasteiger partial charge in [0, 0.05) is 31.0 Å². The van der Waals surface area contributed by atoms with E-state index < -0.39 is 11.7 Å². The predicted molar refractivity (Wildman–Crippen MR) is 98.7 cm³/mol. The van der Waals surface area contributed by atoms with Crippen molar-refractivity contribution in [3.63, 3.8) is 0 Å². The summed E-state index contributed by atoms with van der Waals surface area (Å²) in [6, 6.07) is 6.77. The van der Waals surface area contributed by atoms with Gasteiger partial charge in [0.05, 0.1) is 0 Å². The minimum Gasteiger partial charge on any atom is -0.372 e. The van der Waals surface area contributed by atoms with Gasteiger partial charge in [-0.25, -0.2) is 4.98 Å². The lowest BCUT2D eigenvalue weighted by molar-refractivity contribution is -0.137. The van der Waals surface area contributed by atoms with Crippen molar-refractivity contribution >= 4 is 42.3 Å². The number of benzene rings is 1. The molecule has 1 aromatic carbocycles. The first-order chi connectivity index (χ1) is 11.5. The molecule has 10 heteroatoms. The summed E-state index contributed by atoms with van der Waals surface area (Å²) < 4.78 is 38.6. The van der Waals surface area contributed by atoms with Crippen molar-refractivity contribution in [2.75, 3.05) is 17.7 Å². The first-order valence-electron chi connectivity index (χ1n) is 7.74. The van der Waals surface area contributed by atoms with Crippen LogP contribution in [0.5, 0.6) is 0 Å². The maximum absolute atomic E-state index is 12.9. The van der Waals surface area contributed by atoms with Gasteiger partial charge in [0.1, 0.15) is 11.4 Å². The average molecular weight is 408 g/mol. The summed E-state index contributed by atoms with van der Waals surface area (Å²) >= 11 is 0. The first-order valence-corrected chi connectivity index (χ1v) is 7.74. The van der Waals surface area contributed by atoms with E-state index in [1.54, 1.807) is 0 Å². The van der Waals surface area contributed by atoms with E-state index in [9.17, 15) is 13.2 Å². The number of hydrogen-bond acceptors (Lipinski definition) is 5. The zero-order valence-electron chi connectivity index (χ0n) is 13.7. The molecule has 3 N–H and O–H groups in total. The Morgan fingerprint density at radius 1 is 1.12 bits per heavy atom. The second-order valence-electron chi connectivity index (χ2n) is 6.02. The fraction of sp³-hybridized carbons (Fsp3) is 0.375. The van der Waals surface area contributed by atoms with Crippen molar-refractivity contribution < 1.29 is 13.2 Å². The fourth-order valence-electron chi connectivity index (χ4n) is 3.47. The van der Waals surface area contributed by atoms with Crippen molar-refractivity contribution in [3.8, 4) is 0 Å². The number of halogens is 5. The van der Waals surface area contributed by atoms with E-state index >= 15 is 0 Å². The summed E-state index contributed by atoms with van der Waals surface area (Å²) in [4.78, 5) is 7.72. The van der Waals surface area contributed by atoms with Crippen LogP contribution in [0.1, 0.15) is 41.6 Å². The average Bonchev–Trinajstić information content (AvgIpc) is 3.15. The van der Waals surface area contributed by atoms with E-state index in [1.807, 2.05) is 12.1 Å². The Morgan fingerprint density at radius 2 is 1.81 bits per heavy atom. The number of alkyl halides is 3. The third kappa shape index (κ3) is 3.54. The molecule has 2 aliphatic rings. The van der Waals surface area contributed by atoms with E-state index in [0.717, 1.165) is 24.7 Å². The molecule has 1 saturated heterocycles. The summed E-state index contributed by atoms with van der Waals surface area (Å²) in [6.07, 6.45) is -1.44. The molecule has 0 aliphatic carbocycles. The summed E-state index contributed by atoms with van der Waals surface area (Å²) in [6.45, 7) is 0. The molecule has 2 aliphatic heterocycles. The number of aromatic nitrogens is 2. The number of hydrogen-bond donors (Lipinski definition) is 3. The fourth-order valence-corrected chi connectivity index (χ4v) is 3.47. The van der Waals surface area contributed by atoms with E-state index in [0.29, 0.717) is 12.1 Å². The molecule has 3 heterocycles. The van der Waals surface area contributed by atoms with E-state index in [2.05, 4.69) is 32.0 Å². The van der Waals surface area contributed by atoms with Crippen LogP contribution in [0, 0.1) is 0 Å². The summed E-state index contributed by atoms with van der Waals surface area (Å²) in [5.74, 6) is -0.120. The van der Waals surface area contributed by atoms with Gasteiger partial charge >= 0.3 is 6.18 Å². The SMILES string of the molecule is CNc1nc(Nc2ccc3c(c2)C2CCC3N2)ncc1C(F)(F)F.Cl.Cl. The monoisotopic (exact) mass is 407 g/mol. The summed E-state index contributed by atoms with van der Waals surface area (Å²) in [7, 11) is 1.40. The van der Waals surface area contributed by atoms with Crippen molar-refractivity contribution in [1.29, 1.82) is 0 Å². The highest BCUT2D eigenvalue weighted by atomic mass is 35.5. The maximum Gasteiger partial charge on any atom is 0.421 e. The molecule has 1 fully saturated rings. The predicted octanol–water partition coefficient (Wildman–Crippen LogP) is 4.60. The van der Waals surface area contributed by atoms with Crippen molar-refractivity contribution in [3.05, 3.63) is 41.1 Å². The Morgan fingerprint density at radius 3 is 2.46 bits per heavy atom. The van der Waals surface area contributed by atoms with Gasteiger partial charge < -0.3 is 16.0 Å². The quantitative estimate of drug-likeness (QED) is 0.693. The lowest BCUT2D eigenvalue weighted by atomic mass is 9.91. The highest BCUT2D eigenvalue weighted by Crippen LogP contribution is 2.45. The molecule has 0 radical (unpaired) electrons. The van der Waals surface area contributed by atoms with Crippen LogP contribution in [0.2, 0.25) is 0 Å². The second-order valence-corrected chi connectivity index (χ2v) is 6.02. The van der Waals surface area contributed by atoms with Gasteiger partial charge in [0.25, 0.3) is 0 Å². The van der Waals surface area contributed by atoms with Crippen LogP contribution in [0.3, 0.4) is 0 Å². The summed E-state index contributed by atoms with van der Waals surface area (Å²) in [5, 5.41) is 8.99.